The zero-order chi connectivity index (χ0) is 14.4. The Hall–Kier alpha value is 1.27. The lowest BCUT2D eigenvalue weighted by Gasteiger charge is -2.25. The van der Waals surface area contributed by atoms with Crippen LogP contribution in [0.1, 0.15) is 58.8 Å². The van der Waals surface area contributed by atoms with Crippen LogP contribution in [0.25, 0.3) is 0 Å². The van der Waals surface area contributed by atoms with Gasteiger partial charge in [-0.3, -0.25) is 0 Å². The van der Waals surface area contributed by atoms with Gasteiger partial charge in [-0.1, -0.05) is 67.8 Å². The molecule has 18 heavy (non-hydrogen) atoms. The van der Waals surface area contributed by atoms with Crippen molar-refractivity contribution in [1.29, 1.82) is 0 Å². The van der Waals surface area contributed by atoms with Crippen molar-refractivity contribution in [1.82, 2.24) is 9.97 Å². The number of hydrogen-bond acceptors (Lipinski definition) is 2. The van der Waals surface area contributed by atoms with E-state index < -0.39 is 0 Å². The van der Waals surface area contributed by atoms with Gasteiger partial charge in [-0.25, -0.2) is 9.97 Å². The summed E-state index contributed by atoms with van der Waals surface area (Å²) in [5, 5.41) is 0. The van der Waals surface area contributed by atoms with Crippen LogP contribution < -0.4 is 0 Å². The van der Waals surface area contributed by atoms with Gasteiger partial charge in [0.15, 0.2) is 0 Å². The van der Waals surface area contributed by atoms with Crippen LogP contribution in [-0.4, -0.2) is 9.97 Å². The van der Waals surface area contributed by atoms with Crippen LogP contribution in [0, 0.1) is 0 Å². The standard InChI is InChI=1S/C13H19I3N2/c1-11(2,14)8-7-9(12(3,4)15)18-10(17-8)13(5,6)16/h7H,1-6H3. The van der Waals surface area contributed by atoms with Gasteiger partial charge >= 0.3 is 0 Å². The number of nitrogens with zero attached hydrogens (tertiary/aromatic N) is 2. The second-order valence-corrected chi connectivity index (χ2v) is 14.0. The molecule has 0 N–H and O–H groups in total. The lowest BCUT2D eigenvalue weighted by atomic mass is 10.0. The van der Waals surface area contributed by atoms with Crippen LogP contribution in [0.4, 0.5) is 0 Å². The first-order valence-corrected chi connectivity index (χ1v) is 9.02. The van der Waals surface area contributed by atoms with Crippen LogP contribution in [0.2, 0.25) is 0 Å². The number of alkyl halides is 3. The summed E-state index contributed by atoms with van der Waals surface area (Å²) in [5.41, 5.74) is 2.22. The lowest BCUT2D eigenvalue weighted by molar-refractivity contribution is 0.665. The molecule has 0 aliphatic heterocycles. The Morgan fingerprint density at radius 1 is 0.722 bits per heavy atom. The first-order valence-electron chi connectivity index (χ1n) is 5.79. The molecule has 5 heteroatoms. The summed E-state index contributed by atoms with van der Waals surface area (Å²) >= 11 is 7.28. The predicted octanol–water partition coefficient (Wildman–Crippen LogP) is 5.49. The van der Waals surface area contributed by atoms with Crippen LogP contribution >= 0.6 is 67.8 Å². The molecule has 2 nitrogen and oxygen atoms in total. The summed E-state index contributed by atoms with van der Waals surface area (Å²) in [6.45, 7) is 13.0. The average molecular weight is 584 g/mol. The highest BCUT2D eigenvalue weighted by atomic mass is 127. The highest BCUT2D eigenvalue weighted by molar-refractivity contribution is 14.1. The molecular formula is C13H19I3N2. The monoisotopic (exact) mass is 584 g/mol. The molecule has 0 aliphatic carbocycles. The third kappa shape index (κ3) is 4.68. The quantitative estimate of drug-likeness (QED) is 0.348. The van der Waals surface area contributed by atoms with Crippen molar-refractivity contribution >= 4 is 67.8 Å². The minimum absolute atomic E-state index is 0.0218. The molecule has 1 heterocycles. The Balaban J connectivity index is 3.49. The van der Waals surface area contributed by atoms with Gasteiger partial charge in [0.05, 0.1) is 21.7 Å². The third-order valence-electron chi connectivity index (χ3n) is 2.48. The largest absolute Gasteiger partial charge is 0.235 e. The molecule has 0 spiro atoms. The Bertz CT molecular complexity index is 358. The first-order chi connectivity index (χ1) is 7.82. The molecule has 102 valence electrons. The van der Waals surface area contributed by atoms with Gasteiger partial charge in [-0.15, -0.1) is 0 Å². The Labute approximate surface area is 151 Å². The summed E-state index contributed by atoms with van der Waals surface area (Å²) in [4.78, 5) is 9.52. The van der Waals surface area contributed by atoms with E-state index in [0.29, 0.717) is 0 Å². The van der Waals surface area contributed by atoms with Crippen molar-refractivity contribution in [2.45, 2.75) is 51.8 Å². The molecule has 0 saturated heterocycles. The van der Waals surface area contributed by atoms with E-state index in [-0.39, 0.29) is 10.3 Å². The van der Waals surface area contributed by atoms with Gasteiger partial charge in [0.25, 0.3) is 0 Å². The molecule has 0 bridgehead atoms. The minimum Gasteiger partial charge on any atom is -0.235 e. The molecule has 0 saturated carbocycles. The summed E-state index contributed by atoms with van der Waals surface area (Å²) in [6, 6.07) is 2.14. The van der Waals surface area contributed by atoms with E-state index in [4.69, 9.17) is 9.97 Å². The van der Waals surface area contributed by atoms with E-state index in [1.165, 1.54) is 0 Å². The van der Waals surface area contributed by atoms with Crippen molar-refractivity contribution in [3.8, 4) is 0 Å². The van der Waals surface area contributed by atoms with Crippen molar-refractivity contribution < 1.29 is 0 Å². The molecule has 0 unspecified atom stereocenters. The van der Waals surface area contributed by atoms with Crippen molar-refractivity contribution in [3.05, 3.63) is 23.3 Å². The molecular weight excluding hydrogens is 565 g/mol. The predicted molar refractivity (Wildman–Crippen MR) is 103 cm³/mol. The molecule has 0 amide bonds. The van der Waals surface area contributed by atoms with E-state index in [2.05, 4.69) is 115 Å². The van der Waals surface area contributed by atoms with E-state index in [1.807, 2.05) is 0 Å². The number of halogens is 3. The number of aromatic nitrogens is 2. The molecule has 0 aliphatic rings. The summed E-state index contributed by atoms with van der Waals surface area (Å²) in [6.07, 6.45) is 0. The Morgan fingerprint density at radius 3 is 1.28 bits per heavy atom. The Kier molecular flexibility index (Phi) is 5.36. The maximum Gasteiger partial charge on any atom is 0.144 e. The maximum absolute atomic E-state index is 4.76. The van der Waals surface area contributed by atoms with Gasteiger partial charge in [0, 0.05) is 0 Å². The van der Waals surface area contributed by atoms with Crippen LogP contribution in [0.5, 0.6) is 0 Å². The van der Waals surface area contributed by atoms with Gasteiger partial charge in [0.2, 0.25) is 0 Å². The first kappa shape index (κ1) is 17.3. The van der Waals surface area contributed by atoms with E-state index in [1.54, 1.807) is 0 Å². The molecule has 0 fully saturated rings. The fourth-order valence-electron chi connectivity index (χ4n) is 1.32. The Morgan fingerprint density at radius 2 is 1.06 bits per heavy atom. The topological polar surface area (TPSA) is 25.8 Å². The van der Waals surface area contributed by atoms with Crippen molar-refractivity contribution in [2.24, 2.45) is 0 Å². The summed E-state index contributed by atoms with van der Waals surface area (Å²) < 4.78 is -0.00569. The fraction of sp³-hybridized carbons (Fsp3) is 0.692. The minimum atomic E-state index is -0.0493. The highest BCUT2D eigenvalue weighted by Crippen LogP contribution is 2.37. The van der Waals surface area contributed by atoms with E-state index in [9.17, 15) is 0 Å². The average Bonchev–Trinajstić information content (AvgIpc) is 2.13. The number of hydrogen-bond donors (Lipinski definition) is 0. The molecule has 1 rings (SSSR count). The van der Waals surface area contributed by atoms with Gasteiger partial charge in [0.1, 0.15) is 5.82 Å². The third-order valence-corrected chi connectivity index (χ3v) is 4.06. The van der Waals surface area contributed by atoms with Gasteiger partial charge < -0.3 is 0 Å². The lowest BCUT2D eigenvalue weighted by Crippen LogP contribution is -2.22. The van der Waals surface area contributed by atoms with Gasteiger partial charge in [-0.2, -0.15) is 0 Å². The smallest absolute Gasteiger partial charge is 0.144 e. The summed E-state index contributed by atoms with van der Waals surface area (Å²) in [7, 11) is 0. The maximum atomic E-state index is 4.76. The molecule has 0 atom stereocenters. The fourth-order valence-corrected chi connectivity index (χ4v) is 2.12. The molecule has 0 aromatic carbocycles. The zero-order valence-electron chi connectivity index (χ0n) is 11.6. The second-order valence-electron chi connectivity index (χ2n) is 5.88. The zero-order valence-corrected chi connectivity index (χ0v) is 18.1. The van der Waals surface area contributed by atoms with E-state index in [0.717, 1.165) is 17.2 Å². The second kappa shape index (κ2) is 5.57. The van der Waals surface area contributed by atoms with Crippen molar-refractivity contribution in [3.63, 3.8) is 0 Å². The van der Waals surface area contributed by atoms with Crippen LogP contribution in [-0.2, 0) is 10.3 Å². The molecule has 0 radical (unpaired) electrons. The summed E-state index contributed by atoms with van der Waals surface area (Å²) in [5.74, 6) is 0.921. The van der Waals surface area contributed by atoms with Gasteiger partial charge in [-0.05, 0) is 47.6 Å². The highest BCUT2D eigenvalue weighted by Gasteiger charge is 2.29. The van der Waals surface area contributed by atoms with Crippen LogP contribution in [0.3, 0.4) is 0 Å². The van der Waals surface area contributed by atoms with E-state index >= 15 is 0 Å². The van der Waals surface area contributed by atoms with Crippen LogP contribution in [0.15, 0.2) is 6.07 Å². The number of rotatable bonds is 3. The normalized spacial score (nSPS) is 13.8. The molecule has 1 aromatic rings. The SMILES string of the molecule is CC(C)(I)c1cc(C(C)(C)I)nc(C(C)(C)I)n1. The van der Waals surface area contributed by atoms with Crippen molar-refractivity contribution in [2.75, 3.05) is 0 Å². The molecule has 1 aromatic heterocycles.